The number of hydrogen-bond donors (Lipinski definition) is 2. The number of rotatable bonds is 2. The van der Waals surface area contributed by atoms with E-state index in [0.29, 0.717) is 0 Å². The Morgan fingerprint density at radius 2 is 1.18 bits per heavy atom. The lowest BCUT2D eigenvalue weighted by Gasteiger charge is -2.27. The van der Waals surface area contributed by atoms with Crippen LogP contribution in [0.3, 0.4) is 0 Å². The SMILES string of the molecule is COC(=O)[C@@H]1CCCN[C@H]1C.COC(=O)[C@H]1CCCN[C@@H]1C. The van der Waals surface area contributed by atoms with Crippen LogP contribution in [0.5, 0.6) is 0 Å². The van der Waals surface area contributed by atoms with E-state index < -0.39 is 0 Å². The van der Waals surface area contributed by atoms with Gasteiger partial charge in [-0.15, -0.1) is 0 Å². The predicted molar refractivity (Wildman–Crippen MR) is 84.4 cm³/mol. The van der Waals surface area contributed by atoms with E-state index in [-0.39, 0.29) is 35.9 Å². The molecule has 128 valence electrons. The summed E-state index contributed by atoms with van der Waals surface area (Å²) in [6.07, 6.45) is 4.07. The van der Waals surface area contributed by atoms with Crippen molar-refractivity contribution in [2.45, 2.75) is 51.6 Å². The molecule has 22 heavy (non-hydrogen) atoms. The highest BCUT2D eigenvalue weighted by atomic mass is 16.5. The maximum Gasteiger partial charge on any atom is 0.310 e. The van der Waals surface area contributed by atoms with E-state index in [1.807, 2.05) is 13.8 Å². The molecule has 2 rings (SSSR count). The minimum absolute atomic E-state index is 0.0637. The summed E-state index contributed by atoms with van der Waals surface area (Å²) in [7, 11) is 2.90. The van der Waals surface area contributed by atoms with Gasteiger partial charge < -0.3 is 20.1 Å². The van der Waals surface area contributed by atoms with Crippen molar-refractivity contribution in [1.82, 2.24) is 10.6 Å². The van der Waals surface area contributed by atoms with Crippen LogP contribution >= 0.6 is 0 Å². The van der Waals surface area contributed by atoms with Crippen LogP contribution in [-0.2, 0) is 19.1 Å². The fourth-order valence-electron chi connectivity index (χ4n) is 3.03. The number of hydrogen-bond acceptors (Lipinski definition) is 6. The summed E-state index contributed by atoms with van der Waals surface area (Å²) in [6.45, 7) is 6.10. The molecule has 2 aliphatic rings. The molecular weight excluding hydrogens is 284 g/mol. The Balaban J connectivity index is 0.000000220. The third kappa shape index (κ3) is 5.57. The first-order valence-corrected chi connectivity index (χ1v) is 8.13. The zero-order valence-electron chi connectivity index (χ0n) is 14.2. The zero-order valence-corrected chi connectivity index (χ0v) is 14.2. The van der Waals surface area contributed by atoms with Crippen molar-refractivity contribution < 1.29 is 19.1 Å². The number of carbonyl (C=O) groups excluding carboxylic acids is 2. The Kier molecular flexibility index (Phi) is 8.42. The quantitative estimate of drug-likeness (QED) is 0.743. The third-order valence-corrected chi connectivity index (χ3v) is 4.53. The molecule has 0 aliphatic carbocycles. The second-order valence-electron chi connectivity index (χ2n) is 6.03. The highest BCUT2D eigenvalue weighted by Gasteiger charge is 2.28. The maximum absolute atomic E-state index is 11.1. The summed E-state index contributed by atoms with van der Waals surface area (Å²) >= 11 is 0. The standard InChI is InChI=1S/2C8H15NO2/c2*1-6-7(8(10)11-2)4-3-5-9-6/h2*6-7,9H,3-5H2,1-2H3/t2*6-,7+/m10/s1. The molecule has 2 heterocycles. The Hall–Kier alpha value is -1.14. The van der Waals surface area contributed by atoms with E-state index >= 15 is 0 Å². The van der Waals surface area contributed by atoms with Crippen molar-refractivity contribution in [1.29, 1.82) is 0 Å². The first-order chi connectivity index (χ1) is 10.5. The van der Waals surface area contributed by atoms with Crippen LogP contribution in [0.15, 0.2) is 0 Å². The average molecular weight is 314 g/mol. The fraction of sp³-hybridized carbons (Fsp3) is 0.875. The second-order valence-corrected chi connectivity index (χ2v) is 6.03. The third-order valence-electron chi connectivity index (χ3n) is 4.53. The first kappa shape index (κ1) is 18.9. The Bertz CT molecular complexity index is 328. The molecule has 0 bridgehead atoms. The van der Waals surface area contributed by atoms with Gasteiger partial charge in [-0.2, -0.15) is 0 Å². The molecule has 4 atom stereocenters. The molecule has 0 aromatic heterocycles. The largest absolute Gasteiger partial charge is 0.469 e. The normalized spacial score (nSPS) is 31.5. The van der Waals surface area contributed by atoms with Crippen molar-refractivity contribution in [3.63, 3.8) is 0 Å². The minimum atomic E-state index is -0.0790. The van der Waals surface area contributed by atoms with Gasteiger partial charge in [-0.25, -0.2) is 0 Å². The summed E-state index contributed by atoms with van der Waals surface area (Å²) in [6, 6.07) is 0.549. The number of carbonyl (C=O) groups is 2. The summed E-state index contributed by atoms with van der Waals surface area (Å²) < 4.78 is 9.36. The molecule has 6 heteroatoms. The van der Waals surface area contributed by atoms with Gasteiger partial charge in [0.25, 0.3) is 0 Å². The van der Waals surface area contributed by atoms with Crippen molar-refractivity contribution >= 4 is 11.9 Å². The van der Waals surface area contributed by atoms with Gasteiger partial charge in [0, 0.05) is 12.1 Å². The Morgan fingerprint density at radius 3 is 1.45 bits per heavy atom. The first-order valence-electron chi connectivity index (χ1n) is 8.13. The van der Waals surface area contributed by atoms with Gasteiger partial charge in [-0.05, 0) is 52.6 Å². The highest BCUT2D eigenvalue weighted by molar-refractivity contribution is 5.73. The van der Waals surface area contributed by atoms with Gasteiger partial charge in [-0.1, -0.05) is 0 Å². The summed E-state index contributed by atoms with van der Waals surface area (Å²) in [5.74, 6) is -0.0306. The molecule has 6 nitrogen and oxygen atoms in total. The van der Waals surface area contributed by atoms with Crippen molar-refractivity contribution in [3.8, 4) is 0 Å². The summed E-state index contributed by atoms with van der Waals surface area (Å²) in [4.78, 5) is 22.2. The molecule has 0 unspecified atom stereocenters. The van der Waals surface area contributed by atoms with Gasteiger partial charge >= 0.3 is 11.9 Å². The van der Waals surface area contributed by atoms with Crippen LogP contribution in [0.2, 0.25) is 0 Å². The fourth-order valence-corrected chi connectivity index (χ4v) is 3.03. The van der Waals surface area contributed by atoms with Gasteiger partial charge in [0.1, 0.15) is 0 Å². The molecule has 2 aliphatic heterocycles. The lowest BCUT2D eigenvalue weighted by atomic mass is 9.92. The van der Waals surface area contributed by atoms with Gasteiger partial charge in [-0.3, -0.25) is 9.59 Å². The highest BCUT2D eigenvalue weighted by Crippen LogP contribution is 2.17. The molecule has 2 N–H and O–H groups in total. The topological polar surface area (TPSA) is 76.7 Å². The lowest BCUT2D eigenvalue weighted by Crippen LogP contribution is -2.43. The van der Waals surface area contributed by atoms with Crippen LogP contribution in [-0.4, -0.2) is 51.3 Å². The molecule has 2 saturated heterocycles. The van der Waals surface area contributed by atoms with E-state index in [1.165, 1.54) is 14.2 Å². The number of piperidine rings is 2. The van der Waals surface area contributed by atoms with Crippen LogP contribution in [0.1, 0.15) is 39.5 Å². The summed E-state index contributed by atoms with van der Waals surface area (Å²) in [5.41, 5.74) is 0. The smallest absolute Gasteiger partial charge is 0.310 e. The van der Waals surface area contributed by atoms with Crippen LogP contribution in [0.4, 0.5) is 0 Å². The lowest BCUT2D eigenvalue weighted by molar-refractivity contribution is -0.148. The molecule has 0 aromatic rings. The van der Waals surface area contributed by atoms with E-state index in [0.717, 1.165) is 38.8 Å². The van der Waals surface area contributed by atoms with Crippen LogP contribution in [0.25, 0.3) is 0 Å². The van der Waals surface area contributed by atoms with Crippen molar-refractivity contribution in [3.05, 3.63) is 0 Å². The van der Waals surface area contributed by atoms with E-state index in [9.17, 15) is 9.59 Å². The zero-order chi connectivity index (χ0) is 16.5. The van der Waals surface area contributed by atoms with Crippen molar-refractivity contribution in [2.75, 3.05) is 27.3 Å². The minimum Gasteiger partial charge on any atom is -0.469 e. The molecule has 0 amide bonds. The van der Waals surface area contributed by atoms with Crippen LogP contribution < -0.4 is 10.6 Å². The van der Waals surface area contributed by atoms with Gasteiger partial charge in [0.2, 0.25) is 0 Å². The van der Waals surface area contributed by atoms with E-state index in [4.69, 9.17) is 0 Å². The molecule has 0 aromatic carbocycles. The Morgan fingerprint density at radius 1 is 0.818 bits per heavy atom. The molecule has 0 saturated carbocycles. The number of methoxy groups -OCH3 is 2. The monoisotopic (exact) mass is 314 g/mol. The summed E-state index contributed by atoms with van der Waals surface area (Å²) in [5, 5.41) is 6.49. The van der Waals surface area contributed by atoms with Crippen molar-refractivity contribution in [2.24, 2.45) is 11.8 Å². The number of ether oxygens (including phenoxy) is 2. The Labute approximate surface area is 133 Å². The van der Waals surface area contributed by atoms with Gasteiger partial charge in [0.15, 0.2) is 0 Å². The second kappa shape index (κ2) is 9.79. The van der Waals surface area contributed by atoms with Crippen LogP contribution in [0, 0.1) is 11.8 Å². The van der Waals surface area contributed by atoms with Gasteiger partial charge in [0.05, 0.1) is 26.1 Å². The van der Waals surface area contributed by atoms with E-state index in [1.54, 1.807) is 0 Å². The molecular formula is C16H30N2O4. The number of nitrogens with one attached hydrogen (secondary N) is 2. The molecule has 0 radical (unpaired) electrons. The number of esters is 2. The average Bonchev–Trinajstić information content (AvgIpc) is 2.55. The maximum atomic E-state index is 11.1. The molecule has 2 fully saturated rings. The molecule has 0 spiro atoms. The predicted octanol–water partition coefficient (Wildman–Crippen LogP) is 1.10. The van der Waals surface area contributed by atoms with E-state index in [2.05, 4.69) is 20.1 Å².